The zero-order valence-corrected chi connectivity index (χ0v) is 14.8. The van der Waals surface area contributed by atoms with Crippen LogP contribution >= 0.6 is 34.8 Å². The van der Waals surface area contributed by atoms with E-state index in [0.717, 1.165) is 12.3 Å². The number of aromatic nitrogens is 1. The summed E-state index contributed by atoms with van der Waals surface area (Å²) in [7, 11) is 0. The van der Waals surface area contributed by atoms with Crippen molar-refractivity contribution in [3.05, 3.63) is 56.8 Å². The Labute approximate surface area is 160 Å². The Hall–Kier alpha value is -2.03. The van der Waals surface area contributed by atoms with Crippen LogP contribution in [0.4, 0.5) is 18.9 Å². The van der Waals surface area contributed by atoms with Gasteiger partial charge in [-0.2, -0.15) is 13.2 Å². The molecule has 0 radical (unpaired) electrons. The molecule has 0 fully saturated rings. The number of carbonyl (C=O) groups is 2. The van der Waals surface area contributed by atoms with Gasteiger partial charge >= 0.3 is 12.1 Å². The summed E-state index contributed by atoms with van der Waals surface area (Å²) < 4.78 is 43.1. The van der Waals surface area contributed by atoms with Crippen LogP contribution in [0.2, 0.25) is 15.2 Å². The molecule has 11 heteroatoms. The van der Waals surface area contributed by atoms with Gasteiger partial charge < -0.3 is 10.1 Å². The third-order valence-corrected chi connectivity index (χ3v) is 3.94. The average Bonchev–Trinajstić information content (AvgIpc) is 2.56. The molecule has 0 atom stereocenters. The van der Waals surface area contributed by atoms with Gasteiger partial charge in [0.25, 0.3) is 5.91 Å². The van der Waals surface area contributed by atoms with Gasteiger partial charge in [-0.3, -0.25) is 4.79 Å². The topological polar surface area (TPSA) is 68.3 Å². The first kappa shape index (κ1) is 20.3. The summed E-state index contributed by atoms with van der Waals surface area (Å²) >= 11 is 16.8. The third kappa shape index (κ3) is 5.23. The molecule has 0 aliphatic heterocycles. The lowest BCUT2D eigenvalue weighted by atomic mass is 10.2. The maximum absolute atomic E-state index is 12.8. The van der Waals surface area contributed by atoms with Crippen LogP contribution < -0.4 is 5.32 Å². The highest BCUT2D eigenvalue weighted by atomic mass is 35.5. The lowest BCUT2D eigenvalue weighted by Gasteiger charge is -2.12. The Morgan fingerprint density at radius 1 is 1.12 bits per heavy atom. The average molecular weight is 428 g/mol. The molecule has 0 saturated carbocycles. The van der Waals surface area contributed by atoms with Gasteiger partial charge in [-0.05, 0) is 24.3 Å². The number of nitrogens with zero attached hydrogens (tertiary/aromatic N) is 1. The first-order valence-corrected chi connectivity index (χ1v) is 7.86. The van der Waals surface area contributed by atoms with Crippen LogP contribution in [0.25, 0.3) is 0 Å². The lowest BCUT2D eigenvalue weighted by Crippen LogP contribution is -2.21. The summed E-state index contributed by atoms with van der Waals surface area (Å²) in [5.41, 5.74) is -1.30. The van der Waals surface area contributed by atoms with Gasteiger partial charge in [-0.1, -0.05) is 34.8 Å². The Bertz CT molecular complexity index is 860. The number of pyridine rings is 1. The largest absolute Gasteiger partial charge is 0.452 e. The van der Waals surface area contributed by atoms with Crippen LogP contribution in [0, 0.1) is 0 Å². The fourth-order valence-corrected chi connectivity index (χ4v) is 2.26. The number of hydrogen-bond acceptors (Lipinski definition) is 4. The van der Waals surface area contributed by atoms with Gasteiger partial charge in [0.15, 0.2) is 6.61 Å². The summed E-state index contributed by atoms with van der Waals surface area (Å²) in [5, 5.41) is 1.68. The van der Waals surface area contributed by atoms with E-state index in [9.17, 15) is 22.8 Å². The van der Waals surface area contributed by atoms with Crippen molar-refractivity contribution in [2.24, 2.45) is 0 Å². The van der Waals surface area contributed by atoms with E-state index in [-0.39, 0.29) is 21.4 Å². The second-order valence-corrected chi connectivity index (χ2v) is 5.99. The van der Waals surface area contributed by atoms with Gasteiger partial charge in [0, 0.05) is 11.9 Å². The lowest BCUT2D eigenvalue weighted by molar-refractivity contribution is -0.137. The van der Waals surface area contributed by atoms with Crippen molar-refractivity contribution >= 4 is 52.4 Å². The quantitative estimate of drug-likeness (QED) is 0.559. The Balaban J connectivity index is 1.99. The third-order valence-electron chi connectivity index (χ3n) is 2.92. The molecule has 1 amide bonds. The van der Waals surface area contributed by atoms with Gasteiger partial charge in [0.05, 0.1) is 21.2 Å². The maximum Gasteiger partial charge on any atom is 0.417 e. The molecule has 0 bridgehead atoms. The highest BCUT2D eigenvalue weighted by molar-refractivity contribution is 6.41. The molecule has 1 aromatic carbocycles. The molecule has 2 rings (SSSR count). The Morgan fingerprint density at radius 3 is 2.42 bits per heavy atom. The molecule has 0 unspecified atom stereocenters. The van der Waals surface area contributed by atoms with E-state index in [1.54, 1.807) is 0 Å². The number of halogens is 6. The molecule has 1 aromatic heterocycles. The van der Waals surface area contributed by atoms with Gasteiger partial charge in [-0.15, -0.1) is 0 Å². The summed E-state index contributed by atoms with van der Waals surface area (Å²) in [6.07, 6.45) is -3.58. The molecule has 1 heterocycles. The van der Waals surface area contributed by atoms with E-state index in [0.29, 0.717) is 6.07 Å². The smallest absolute Gasteiger partial charge is 0.417 e. The number of nitrogens with one attached hydrogen (secondary N) is 1. The van der Waals surface area contributed by atoms with Crippen molar-refractivity contribution in [3.63, 3.8) is 0 Å². The van der Waals surface area contributed by atoms with Gasteiger partial charge in [0.1, 0.15) is 5.15 Å². The number of benzene rings is 1. The van der Waals surface area contributed by atoms with Crippen LogP contribution in [-0.4, -0.2) is 23.5 Å². The standard InChI is InChI=1S/C15H8Cl3F3N2O3/c16-10-2-1-8(4-9(10)15(19,20)21)23-12(24)6-26-14(25)7-3-11(17)13(18)22-5-7/h1-5H,6H2,(H,23,24). The van der Waals surface area contributed by atoms with E-state index in [4.69, 9.17) is 39.5 Å². The Kier molecular flexibility index (Phi) is 6.33. The summed E-state index contributed by atoms with van der Waals surface area (Å²) in [4.78, 5) is 27.2. The van der Waals surface area contributed by atoms with E-state index in [2.05, 4.69) is 10.3 Å². The summed E-state index contributed by atoms with van der Waals surface area (Å²) in [6, 6.07) is 4.05. The molecule has 0 aliphatic rings. The number of anilines is 1. The molecule has 0 spiro atoms. The number of hydrogen-bond donors (Lipinski definition) is 1. The van der Waals surface area contributed by atoms with Crippen molar-refractivity contribution in [1.82, 2.24) is 4.98 Å². The van der Waals surface area contributed by atoms with Crippen molar-refractivity contribution in [2.45, 2.75) is 6.18 Å². The van der Waals surface area contributed by atoms with Crippen LogP contribution in [-0.2, 0) is 15.7 Å². The number of rotatable bonds is 4. The molecule has 5 nitrogen and oxygen atoms in total. The van der Waals surface area contributed by atoms with E-state index >= 15 is 0 Å². The predicted molar refractivity (Wildman–Crippen MR) is 89.6 cm³/mol. The molecule has 0 saturated heterocycles. The van der Waals surface area contributed by atoms with Crippen LogP contribution in [0.15, 0.2) is 30.5 Å². The molecule has 138 valence electrons. The number of esters is 1. The molecule has 2 aromatic rings. The minimum atomic E-state index is -4.68. The maximum atomic E-state index is 12.8. The van der Waals surface area contributed by atoms with Crippen molar-refractivity contribution < 1.29 is 27.5 Å². The molecule has 1 N–H and O–H groups in total. The predicted octanol–water partition coefficient (Wildman–Crippen LogP) is 4.86. The highest BCUT2D eigenvalue weighted by Gasteiger charge is 2.33. The minimum absolute atomic E-state index is 0.0100. The van der Waals surface area contributed by atoms with Crippen LogP contribution in [0.5, 0.6) is 0 Å². The zero-order chi connectivity index (χ0) is 19.5. The van der Waals surface area contributed by atoms with E-state index in [1.807, 2.05) is 0 Å². The summed E-state index contributed by atoms with van der Waals surface area (Å²) in [6.45, 7) is -0.733. The highest BCUT2D eigenvalue weighted by Crippen LogP contribution is 2.36. The first-order valence-electron chi connectivity index (χ1n) is 6.72. The second-order valence-electron chi connectivity index (χ2n) is 4.81. The van der Waals surface area contributed by atoms with Crippen LogP contribution in [0.3, 0.4) is 0 Å². The molecular weight excluding hydrogens is 420 g/mol. The van der Waals surface area contributed by atoms with Gasteiger partial charge in [0.2, 0.25) is 0 Å². The zero-order valence-electron chi connectivity index (χ0n) is 12.5. The fourth-order valence-electron chi connectivity index (χ4n) is 1.76. The second kappa shape index (κ2) is 8.11. The number of alkyl halides is 3. The monoisotopic (exact) mass is 426 g/mol. The molecular formula is C15H8Cl3F3N2O3. The van der Waals surface area contributed by atoms with Crippen molar-refractivity contribution in [3.8, 4) is 0 Å². The number of amides is 1. The first-order chi connectivity index (χ1) is 12.1. The summed E-state index contributed by atoms with van der Waals surface area (Å²) in [5.74, 6) is -1.75. The SMILES string of the molecule is O=C(COC(=O)c1cnc(Cl)c(Cl)c1)Nc1ccc(Cl)c(C(F)(F)F)c1. The molecule has 26 heavy (non-hydrogen) atoms. The Morgan fingerprint density at radius 2 is 1.81 bits per heavy atom. The van der Waals surface area contributed by atoms with Crippen molar-refractivity contribution in [2.75, 3.05) is 11.9 Å². The van der Waals surface area contributed by atoms with Gasteiger partial charge in [-0.25, -0.2) is 9.78 Å². The number of carbonyl (C=O) groups excluding carboxylic acids is 2. The normalized spacial score (nSPS) is 11.2. The minimum Gasteiger partial charge on any atom is -0.452 e. The molecule has 0 aliphatic carbocycles. The van der Waals surface area contributed by atoms with Crippen LogP contribution in [0.1, 0.15) is 15.9 Å². The number of ether oxygens (including phenoxy) is 1. The van der Waals surface area contributed by atoms with Crippen molar-refractivity contribution in [1.29, 1.82) is 0 Å². The van der Waals surface area contributed by atoms with E-state index < -0.39 is 35.2 Å². The van der Waals surface area contributed by atoms with E-state index in [1.165, 1.54) is 12.1 Å². The fraction of sp³-hybridized carbons (Fsp3) is 0.133.